The topological polar surface area (TPSA) is 40.5 Å². The van der Waals surface area contributed by atoms with Crippen LogP contribution in [0.4, 0.5) is 0 Å². The summed E-state index contributed by atoms with van der Waals surface area (Å²) >= 11 is 0. The number of rotatable bonds is 2. The fourth-order valence-electron chi connectivity index (χ4n) is 3.19. The monoisotopic (exact) mass is 255 g/mol. The molecule has 0 radical (unpaired) electrons. The van der Waals surface area contributed by atoms with Crippen molar-refractivity contribution in [3.8, 4) is 0 Å². The van der Waals surface area contributed by atoms with Gasteiger partial charge in [-0.2, -0.15) is 5.06 Å². The van der Waals surface area contributed by atoms with E-state index in [1.165, 1.54) is 5.06 Å². The van der Waals surface area contributed by atoms with Crippen molar-refractivity contribution in [3.63, 3.8) is 0 Å². The molecule has 1 rings (SSSR count). The number of hydrogen-bond acceptors (Lipinski definition) is 3. The second-order valence-electron chi connectivity index (χ2n) is 8.09. The Bertz CT molecular complexity index is 308. The van der Waals surface area contributed by atoms with E-state index in [0.717, 1.165) is 12.8 Å². The molecule has 3 heteroatoms. The summed E-state index contributed by atoms with van der Waals surface area (Å²) in [6.07, 6.45) is 2.37. The van der Waals surface area contributed by atoms with Crippen molar-refractivity contribution in [3.05, 3.63) is 0 Å². The Morgan fingerprint density at radius 3 is 1.89 bits per heavy atom. The lowest BCUT2D eigenvalue weighted by Crippen LogP contribution is -2.59. The third-order valence-corrected chi connectivity index (χ3v) is 4.03. The zero-order valence-corrected chi connectivity index (χ0v) is 13.0. The maximum absolute atomic E-state index is 12.2. The van der Waals surface area contributed by atoms with Crippen molar-refractivity contribution < 1.29 is 10.0 Å². The summed E-state index contributed by atoms with van der Waals surface area (Å²) in [5.41, 5.74) is -0.778. The highest BCUT2D eigenvalue weighted by Crippen LogP contribution is 2.42. The lowest BCUT2D eigenvalue weighted by atomic mass is 9.72. The van der Waals surface area contributed by atoms with Crippen LogP contribution >= 0.6 is 0 Å². The maximum Gasteiger partial charge on any atom is 0.138 e. The minimum absolute atomic E-state index is 0.259. The van der Waals surface area contributed by atoms with Gasteiger partial charge in [-0.1, -0.05) is 20.8 Å². The quantitative estimate of drug-likeness (QED) is 0.818. The first-order valence-corrected chi connectivity index (χ1v) is 6.89. The molecule has 0 unspecified atom stereocenters. The van der Waals surface area contributed by atoms with Gasteiger partial charge in [0.25, 0.3) is 0 Å². The van der Waals surface area contributed by atoms with Crippen molar-refractivity contribution in [2.75, 3.05) is 0 Å². The lowest BCUT2D eigenvalue weighted by molar-refractivity contribution is -0.251. The van der Waals surface area contributed by atoms with Crippen LogP contribution in [0.2, 0.25) is 0 Å². The zero-order valence-electron chi connectivity index (χ0n) is 13.0. The smallest absolute Gasteiger partial charge is 0.138 e. The number of hydrogen-bond donors (Lipinski definition) is 1. The van der Waals surface area contributed by atoms with Crippen LogP contribution in [0.25, 0.3) is 0 Å². The van der Waals surface area contributed by atoms with Crippen molar-refractivity contribution in [2.45, 2.75) is 78.8 Å². The minimum atomic E-state index is -0.259. The Kier molecular flexibility index (Phi) is 4.00. The molecule has 0 aromatic heterocycles. The molecular weight excluding hydrogens is 226 g/mol. The van der Waals surface area contributed by atoms with E-state index in [1.807, 2.05) is 48.5 Å². The van der Waals surface area contributed by atoms with Crippen LogP contribution < -0.4 is 0 Å². The highest BCUT2D eigenvalue weighted by atomic mass is 16.5. The molecule has 0 amide bonds. The summed E-state index contributed by atoms with van der Waals surface area (Å²) in [6.45, 7) is 14.1. The van der Waals surface area contributed by atoms with Crippen LogP contribution in [-0.4, -0.2) is 27.1 Å². The summed E-state index contributed by atoms with van der Waals surface area (Å²) in [6, 6.07) is 0. The highest BCUT2D eigenvalue weighted by molar-refractivity contribution is 5.83. The van der Waals surface area contributed by atoms with E-state index < -0.39 is 0 Å². The van der Waals surface area contributed by atoms with Gasteiger partial charge in [0.15, 0.2) is 0 Å². The van der Waals surface area contributed by atoms with E-state index >= 15 is 0 Å². The molecule has 0 aromatic rings. The standard InChI is InChI=1S/C15H29NO2/c1-13(2,3)12(17)8-11-9-14(4,5)16(18)15(6,7)10-11/h11,18H,8-10H2,1-7H3. The van der Waals surface area contributed by atoms with E-state index in [2.05, 4.69) is 0 Å². The molecule has 0 spiro atoms. The largest absolute Gasteiger partial charge is 0.313 e. The Balaban J connectivity index is 2.79. The summed E-state index contributed by atoms with van der Waals surface area (Å²) in [7, 11) is 0. The Morgan fingerprint density at radius 1 is 1.17 bits per heavy atom. The summed E-state index contributed by atoms with van der Waals surface area (Å²) in [5, 5.41) is 11.7. The molecule has 0 aliphatic carbocycles. The van der Waals surface area contributed by atoms with Crippen molar-refractivity contribution in [2.24, 2.45) is 11.3 Å². The van der Waals surface area contributed by atoms with Crippen LogP contribution in [0.3, 0.4) is 0 Å². The number of carbonyl (C=O) groups excluding carboxylic acids is 1. The lowest BCUT2D eigenvalue weighted by Gasteiger charge is -2.51. The summed E-state index contributed by atoms with van der Waals surface area (Å²) < 4.78 is 0. The third-order valence-electron chi connectivity index (χ3n) is 4.03. The third kappa shape index (κ3) is 3.33. The summed E-state index contributed by atoms with van der Waals surface area (Å²) in [5.74, 6) is 0.690. The second-order valence-corrected chi connectivity index (χ2v) is 8.09. The van der Waals surface area contributed by atoms with Gasteiger partial charge in [0.1, 0.15) is 5.78 Å². The van der Waals surface area contributed by atoms with Crippen LogP contribution in [-0.2, 0) is 4.79 Å². The van der Waals surface area contributed by atoms with E-state index in [9.17, 15) is 10.0 Å². The molecule has 1 aliphatic rings. The first-order chi connectivity index (χ1) is 7.86. The Morgan fingerprint density at radius 2 is 1.56 bits per heavy atom. The molecule has 0 bridgehead atoms. The fourth-order valence-corrected chi connectivity index (χ4v) is 3.19. The highest BCUT2D eigenvalue weighted by Gasteiger charge is 2.45. The predicted octanol–water partition coefficient (Wildman–Crippen LogP) is 3.65. The van der Waals surface area contributed by atoms with Crippen LogP contribution in [0.1, 0.15) is 67.7 Å². The molecule has 1 heterocycles. The van der Waals surface area contributed by atoms with Crippen LogP contribution in [0.5, 0.6) is 0 Å². The van der Waals surface area contributed by atoms with Gasteiger partial charge in [0, 0.05) is 22.9 Å². The molecule has 1 aliphatic heterocycles. The van der Waals surface area contributed by atoms with E-state index in [0.29, 0.717) is 18.1 Å². The average Bonchev–Trinajstić information content (AvgIpc) is 2.11. The predicted molar refractivity (Wildman–Crippen MR) is 73.6 cm³/mol. The molecule has 0 aromatic carbocycles. The molecule has 106 valence electrons. The molecule has 1 fully saturated rings. The number of hydroxylamine groups is 2. The fraction of sp³-hybridized carbons (Fsp3) is 0.933. The van der Waals surface area contributed by atoms with Gasteiger partial charge < -0.3 is 5.21 Å². The number of nitrogens with zero attached hydrogens (tertiary/aromatic N) is 1. The van der Waals surface area contributed by atoms with Crippen LogP contribution in [0.15, 0.2) is 0 Å². The molecule has 3 nitrogen and oxygen atoms in total. The van der Waals surface area contributed by atoms with Gasteiger partial charge in [0.2, 0.25) is 0 Å². The van der Waals surface area contributed by atoms with Crippen molar-refractivity contribution >= 4 is 5.78 Å². The maximum atomic E-state index is 12.2. The van der Waals surface area contributed by atoms with Gasteiger partial charge in [-0.05, 0) is 46.5 Å². The molecule has 1 saturated heterocycles. The van der Waals surface area contributed by atoms with Gasteiger partial charge in [-0.25, -0.2) is 0 Å². The molecule has 1 N–H and O–H groups in total. The number of Topliss-reactive ketones (excluding diaryl/α,β-unsaturated/α-hetero) is 1. The van der Waals surface area contributed by atoms with Crippen molar-refractivity contribution in [1.29, 1.82) is 0 Å². The number of carbonyl (C=O) groups is 1. The summed E-state index contributed by atoms with van der Waals surface area (Å²) in [4.78, 5) is 12.2. The Labute approximate surface area is 112 Å². The minimum Gasteiger partial charge on any atom is -0.313 e. The van der Waals surface area contributed by atoms with E-state index in [4.69, 9.17) is 0 Å². The molecule has 0 saturated carbocycles. The van der Waals surface area contributed by atoms with Crippen molar-refractivity contribution in [1.82, 2.24) is 5.06 Å². The van der Waals surface area contributed by atoms with E-state index in [1.54, 1.807) is 0 Å². The van der Waals surface area contributed by atoms with Gasteiger partial charge in [-0.15, -0.1) is 0 Å². The van der Waals surface area contributed by atoms with E-state index in [-0.39, 0.29) is 16.5 Å². The molecular formula is C15H29NO2. The van der Waals surface area contributed by atoms with Gasteiger partial charge >= 0.3 is 0 Å². The first kappa shape index (κ1) is 15.6. The van der Waals surface area contributed by atoms with Gasteiger partial charge in [-0.3, -0.25) is 4.79 Å². The SMILES string of the molecule is CC(C)(C)C(=O)CC1CC(C)(C)N(O)C(C)(C)C1. The van der Waals surface area contributed by atoms with Gasteiger partial charge in [0.05, 0.1) is 0 Å². The zero-order chi connectivity index (χ0) is 14.4. The Hall–Kier alpha value is -0.410. The number of ketones is 1. The molecule has 0 atom stereocenters. The number of piperidine rings is 1. The average molecular weight is 255 g/mol. The molecule has 18 heavy (non-hydrogen) atoms. The second kappa shape index (κ2) is 4.61. The normalized spacial score (nSPS) is 25.1. The first-order valence-electron chi connectivity index (χ1n) is 6.89. The van der Waals surface area contributed by atoms with Crippen LogP contribution in [0, 0.1) is 11.3 Å².